The molecule has 1 atom stereocenters. The summed E-state index contributed by atoms with van der Waals surface area (Å²) >= 11 is 0. The van der Waals surface area contributed by atoms with Crippen molar-refractivity contribution in [1.82, 2.24) is 10.2 Å². The average Bonchev–Trinajstić information content (AvgIpc) is 2.39. The van der Waals surface area contributed by atoms with Gasteiger partial charge in [-0.2, -0.15) is 0 Å². The predicted octanol–water partition coefficient (Wildman–Crippen LogP) is 2.22. The van der Waals surface area contributed by atoms with E-state index in [0.29, 0.717) is 5.92 Å². The molecule has 3 nitrogen and oxygen atoms in total. The lowest BCUT2D eigenvalue weighted by Crippen LogP contribution is -2.45. The number of rotatable bonds is 5. The van der Waals surface area contributed by atoms with Gasteiger partial charge < -0.3 is 15.0 Å². The third-order valence-corrected chi connectivity index (χ3v) is 3.63. The largest absolute Gasteiger partial charge is 0.493 e. The van der Waals surface area contributed by atoms with E-state index < -0.39 is 0 Å². The van der Waals surface area contributed by atoms with Gasteiger partial charge >= 0.3 is 0 Å². The van der Waals surface area contributed by atoms with Crippen molar-refractivity contribution in [3.05, 3.63) is 29.3 Å². The molecule has 1 unspecified atom stereocenters. The molecule has 1 N–H and O–H groups in total. The zero-order chi connectivity index (χ0) is 13.7. The van der Waals surface area contributed by atoms with Crippen molar-refractivity contribution >= 4 is 0 Å². The molecule has 2 rings (SSSR count). The minimum atomic E-state index is 0.568. The SMILES string of the molecule is Cc1ccc(OCC(C)CN2CCNCC2)c(C)c1. The van der Waals surface area contributed by atoms with Crippen molar-refractivity contribution in [3.63, 3.8) is 0 Å². The Kier molecular flexibility index (Phi) is 5.23. The van der Waals surface area contributed by atoms with Crippen LogP contribution in [0, 0.1) is 19.8 Å². The molecular formula is C16H26N2O. The Bertz CT molecular complexity index is 400. The van der Waals surface area contributed by atoms with Gasteiger partial charge in [0.2, 0.25) is 0 Å². The molecule has 19 heavy (non-hydrogen) atoms. The van der Waals surface area contributed by atoms with E-state index in [1.807, 2.05) is 0 Å². The van der Waals surface area contributed by atoms with Crippen molar-refractivity contribution < 1.29 is 4.74 Å². The van der Waals surface area contributed by atoms with Crippen LogP contribution in [0.3, 0.4) is 0 Å². The monoisotopic (exact) mass is 262 g/mol. The molecule has 106 valence electrons. The second-order valence-corrected chi connectivity index (χ2v) is 5.74. The second-order valence-electron chi connectivity index (χ2n) is 5.74. The Morgan fingerprint density at radius 2 is 2.00 bits per heavy atom. The maximum absolute atomic E-state index is 5.95. The fraction of sp³-hybridized carbons (Fsp3) is 0.625. The van der Waals surface area contributed by atoms with E-state index >= 15 is 0 Å². The topological polar surface area (TPSA) is 24.5 Å². The van der Waals surface area contributed by atoms with E-state index in [9.17, 15) is 0 Å². The van der Waals surface area contributed by atoms with Crippen LogP contribution in [0.5, 0.6) is 5.75 Å². The lowest BCUT2D eigenvalue weighted by molar-refractivity contribution is 0.171. The highest BCUT2D eigenvalue weighted by molar-refractivity contribution is 5.35. The number of hydrogen-bond acceptors (Lipinski definition) is 3. The number of ether oxygens (including phenoxy) is 1. The van der Waals surface area contributed by atoms with Gasteiger partial charge in [-0.15, -0.1) is 0 Å². The average molecular weight is 262 g/mol. The maximum Gasteiger partial charge on any atom is 0.122 e. The molecule has 3 heteroatoms. The number of benzene rings is 1. The molecule has 0 saturated carbocycles. The van der Waals surface area contributed by atoms with Crippen molar-refractivity contribution in [2.24, 2.45) is 5.92 Å². The number of aryl methyl sites for hydroxylation is 2. The third-order valence-electron chi connectivity index (χ3n) is 3.63. The Balaban J connectivity index is 1.77. The summed E-state index contributed by atoms with van der Waals surface area (Å²) in [5.41, 5.74) is 2.52. The lowest BCUT2D eigenvalue weighted by Gasteiger charge is -2.29. The second kappa shape index (κ2) is 6.92. The first-order chi connectivity index (χ1) is 9.15. The summed E-state index contributed by atoms with van der Waals surface area (Å²) in [6.07, 6.45) is 0. The predicted molar refractivity (Wildman–Crippen MR) is 79.9 cm³/mol. The number of piperazine rings is 1. The van der Waals surface area contributed by atoms with Crippen LogP contribution in [0.25, 0.3) is 0 Å². The van der Waals surface area contributed by atoms with Crippen LogP contribution < -0.4 is 10.1 Å². The molecule has 0 radical (unpaired) electrons. The minimum Gasteiger partial charge on any atom is -0.493 e. The standard InChI is InChI=1S/C16H26N2O/c1-13-4-5-16(15(3)10-13)19-12-14(2)11-18-8-6-17-7-9-18/h4-5,10,14,17H,6-9,11-12H2,1-3H3. The first-order valence-corrected chi connectivity index (χ1v) is 7.28. The molecule has 1 aromatic rings. The molecule has 0 aliphatic carbocycles. The number of nitrogens with one attached hydrogen (secondary N) is 1. The van der Waals surface area contributed by atoms with Gasteiger partial charge in [-0.25, -0.2) is 0 Å². The molecule has 1 fully saturated rings. The first kappa shape index (κ1) is 14.4. The molecule has 0 bridgehead atoms. The lowest BCUT2D eigenvalue weighted by atomic mass is 10.1. The van der Waals surface area contributed by atoms with Crippen LogP contribution in [-0.4, -0.2) is 44.2 Å². The van der Waals surface area contributed by atoms with Crippen LogP contribution in [0.15, 0.2) is 18.2 Å². The molecule has 0 amide bonds. The summed E-state index contributed by atoms with van der Waals surface area (Å²) in [6.45, 7) is 13.0. The summed E-state index contributed by atoms with van der Waals surface area (Å²) in [5.74, 6) is 1.59. The Labute approximate surface area is 116 Å². The van der Waals surface area contributed by atoms with E-state index in [1.54, 1.807) is 0 Å². The van der Waals surface area contributed by atoms with Crippen LogP contribution >= 0.6 is 0 Å². The van der Waals surface area contributed by atoms with Crippen molar-refractivity contribution in [2.45, 2.75) is 20.8 Å². The van der Waals surface area contributed by atoms with Gasteiger partial charge in [-0.3, -0.25) is 0 Å². The normalized spacial score (nSPS) is 18.3. The van der Waals surface area contributed by atoms with Crippen LogP contribution in [0.1, 0.15) is 18.1 Å². The smallest absolute Gasteiger partial charge is 0.122 e. The van der Waals surface area contributed by atoms with Gasteiger partial charge in [0.25, 0.3) is 0 Å². The van der Waals surface area contributed by atoms with Crippen molar-refractivity contribution in [2.75, 3.05) is 39.3 Å². The van der Waals surface area contributed by atoms with Crippen LogP contribution in [0.4, 0.5) is 0 Å². The summed E-state index contributed by atoms with van der Waals surface area (Å²) < 4.78 is 5.95. The number of hydrogen-bond donors (Lipinski definition) is 1. The zero-order valence-corrected chi connectivity index (χ0v) is 12.4. The molecular weight excluding hydrogens is 236 g/mol. The Morgan fingerprint density at radius 3 is 2.68 bits per heavy atom. The molecule has 0 aromatic heterocycles. The number of nitrogens with zero attached hydrogens (tertiary/aromatic N) is 1. The summed E-state index contributed by atoms with van der Waals surface area (Å²) in [4.78, 5) is 2.52. The van der Waals surface area contributed by atoms with Gasteiger partial charge in [0, 0.05) is 38.6 Å². The van der Waals surface area contributed by atoms with Crippen molar-refractivity contribution in [3.8, 4) is 5.75 Å². The molecule has 1 heterocycles. The molecule has 1 aromatic carbocycles. The van der Waals surface area contributed by atoms with E-state index in [0.717, 1.165) is 45.1 Å². The maximum atomic E-state index is 5.95. The zero-order valence-electron chi connectivity index (χ0n) is 12.4. The molecule has 1 aliphatic rings. The molecule has 1 saturated heterocycles. The summed E-state index contributed by atoms with van der Waals surface area (Å²) in [5, 5.41) is 3.39. The van der Waals surface area contributed by atoms with E-state index in [1.165, 1.54) is 11.1 Å². The first-order valence-electron chi connectivity index (χ1n) is 7.28. The fourth-order valence-electron chi connectivity index (χ4n) is 2.58. The van der Waals surface area contributed by atoms with Crippen molar-refractivity contribution in [1.29, 1.82) is 0 Å². The summed E-state index contributed by atoms with van der Waals surface area (Å²) in [7, 11) is 0. The third kappa shape index (κ3) is 4.51. The van der Waals surface area contributed by atoms with E-state index in [2.05, 4.69) is 49.2 Å². The quantitative estimate of drug-likeness (QED) is 0.880. The minimum absolute atomic E-state index is 0.568. The van der Waals surface area contributed by atoms with Gasteiger partial charge in [0.05, 0.1) is 6.61 Å². The highest BCUT2D eigenvalue weighted by Gasteiger charge is 2.13. The van der Waals surface area contributed by atoms with Gasteiger partial charge in [-0.1, -0.05) is 24.6 Å². The highest BCUT2D eigenvalue weighted by atomic mass is 16.5. The van der Waals surface area contributed by atoms with Crippen LogP contribution in [-0.2, 0) is 0 Å². The van der Waals surface area contributed by atoms with Crippen LogP contribution in [0.2, 0.25) is 0 Å². The summed E-state index contributed by atoms with van der Waals surface area (Å²) in [6, 6.07) is 6.38. The Hall–Kier alpha value is -1.06. The van der Waals surface area contributed by atoms with E-state index in [-0.39, 0.29) is 0 Å². The van der Waals surface area contributed by atoms with Gasteiger partial charge in [0.1, 0.15) is 5.75 Å². The highest BCUT2D eigenvalue weighted by Crippen LogP contribution is 2.19. The van der Waals surface area contributed by atoms with Gasteiger partial charge in [0.15, 0.2) is 0 Å². The molecule has 1 aliphatic heterocycles. The fourth-order valence-corrected chi connectivity index (χ4v) is 2.58. The molecule has 0 spiro atoms. The van der Waals surface area contributed by atoms with Gasteiger partial charge in [-0.05, 0) is 25.5 Å². The van der Waals surface area contributed by atoms with E-state index in [4.69, 9.17) is 4.74 Å². The Morgan fingerprint density at radius 1 is 1.26 bits per heavy atom.